The summed E-state index contributed by atoms with van der Waals surface area (Å²) in [7, 11) is -2.83. The lowest BCUT2D eigenvalue weighted by molar-refractivity contribution is 0.676. The summed E-state index contributed by atoms with van der Waals surface area (Å²) in [5.74, 6) is 0. The number of nitrogens with zero attached hydrogens (tertiary/aromatic N) is 2. The second-order valence-electron chi connectivity index (χ2n) is 10.1. The summed E-state index contributed by atoms with van der Waals surface area (Å²) in [6, 6.07) is 49.6. The highest BCUT2D eigenvalue weighted by atomic mass is 32.2. The van der Waals surface area contributed by atoms with Crippen molar-refractivity contribution in [2.24, 2.45) is 4.36 Å². The van der Waals surface area contributed by atoms with E-state index in [1.807, 2.05) is 54.6 Å². The molecule has 0 aliphatic carbocycles. The molecule has 3 nitrogen and oxygen atoms in total. The molecule has 1 unspecified atom stereocenters. The Morgan fingerprint density at radius 3 is 2.08 bits per heavy atom. The summed E-state index contributed by atoms with van der Waals surface area (Å²) in [4.78, 5) is 1.50. The van der Waals surface area contributed by atoms with Crippen LogP contribution in [0.1, 0.15) is 0 Å². The fourth-order valence-corrected chi connectivity index (χ4v) is 8.08. The van der Waals surface area contributed by atoms with Crippen LogP contribution in [-0.2, 0) is 9.73 Å². The minimum Gasteiger partial charge on any atom is -0.309 e. The van der Waals surface area contributed by atoms with Gasteiger partial charge in [0.1, 0.15) is 9.73 Å². The first-order valence-electron chi connectivity index (χ1n) is 13.4. The number of para-hydroxylation sites is 1. The number of aromatic nitrogens is 1. The maximum absolute atomic E-state index is 14.6. The molecule has 8 rings (SSSR count). The van der Waals surface area contributed by atoms with Crippen LogP contribution in [0.3, 0.4) is 0 Å². The standard InChI is InChI=1S/C36H24N2OS/c39-40(28-13-5-2-6-14-28)36-18-10-8-16-31(36)29-21-20-27(24-33(29)37-40)38-34-17-9-7-15-30(34)32-23-26(19-22-35(32)38)25-11-3-1-4-12-25/h1-24H. The van der Waals surface area contributed by atoms with Gasteiger partial charge < -0.3 is 4.57 Å². The molecule has 4 heteroatoms. The zero-order valence-electron chi connectivity index (χ0n) is 21.6. The summed E-state index contributed by atoms with van der Waals surface area (Å²) >= 11 is 0. The fraction of sp³-hybridized carbons (Fsp3) is 0. The van der Waals surface area contributed by atoms with Gasteiger partial charge in [-0.05, 0) is 59.7 Å². The average Bonchev–Trinajstić information content (AvgIpc) is 3.35. The van der Waals surface area contributed by atoms with E-state index < -0.39 is 9.73 Å². The minimum atomic E-state index is -2.83. The van der Waals surface area contributed by atoms with Crippen LogP contribution in [0.2, 0.25) is 0 Å². The third kappa shape index (κ3) is 3.40. The molecule has 0 bridgehead atoms. The molecule has 7 aromatic rings. The second-order valence-corrected chi connectivity index (χ2v) is 12.2. The van der Waals surface area contributed by atoms with Crippen molar-refractivity contribution in [1.82, 2.24) is 4.57 Å². The molecule has 0 radical (unpaired) electrons. The Kier molecular flexibility index (Phi) is 5.06. The molecule has 40 heavy (non-hydrogen) atoms. The van der Waals surface area contributed by atoms with Crippen LogP contribution in [0.4, 0.5) is 5.69 Å². The third-order valence-electron chi connectivity index (χ3n) is 7.78. The lowest BCUT2D eigenvalue weighted by Gasteiger charge is -2.22. The molecule has 0 saturated heterocycles. The van der Waals surface area contributed by atoms with Gasteiger partial charge >= 0.3 is 0 Å². The minimum absolute atomic E-state index is 0.726. The van der Waals surface area contributed by atoms with Crippen molar-refractivity contribution in [3.63, 3.8) is 0 Å². The Hall–Kier alpha value is -4.93. The van der Waals surface area contributed by atoms with E-state index in [0.717, 1.165) is 43.3 Å². The van der Waals surface area contributed by atoms with Gasteiger partial charge in [-0.3, -0.25) is 0 Å². The van der Waals surface area contributed by atoms with Crippen LogP contribution in [0, 0.1) is 0 Å². The average molecular weight is 533 g/mol. The molecular formula is C36H24N2OS. The van der Waals surface area contributed by atoms with E-state index in [-0.39, 0.29) is 0 Å². The van der Waals surface area contributed by atoms with Crippen LogP contribution < -0.4 is 0 Å². The van der Waals surface area contributed by atoms with Crippen LogP contribution in [0.25, 0.3) is 49.7 Å². The molecule has 0 fully saturated rings. The summed E-state index contributed by atoms with van der Waals surface area (Å²) in [5, 5.41) is 2.40. The predicted molar refractivity (Wildman–Crippen MR) is 165 cm³/mol. The number of benzene rings is 6. The van der Waals surface area contributed by atoms with Crippen molar-refractivity contribution in [3.8, 4) is 27.9 Å². The SMILES string of the molecule is O=S1(c2ccccc2)=Nc2cc(-n3c4ccccc4c4cc(-c5ccccc5)ccc43)ccc2-c2ccccc21. The lowest BCUT2D eigenvalue weighted by atomic mass is 10.0. The summed E-state index contributed by atoms with van der Waals surface area (Å²) < 4.78 is 21.9. The highest BCUT2D eigenvalue weighted by Gasteiger charge is 2.27. The number of hydrogen-bond donors (Lipinski definition) is 0. The van der Waals surface area contributed by atoms with E-state index >= 15 is 0 Å². The van der Waals surface area contributed by atoms with Crippen molar-refractivity contribution in [1.29, 1.82) is 0 Å². The molecule has 0 spiro atoms. The van der Waals surface area contributed by atoms with Crippen molar-refractivity contribution in [2.45, 2.75) is 9.79 Å². The Balaban J connectivity index is 1.38. The van der Waals surface area contributed by atoms with Gasteiger partial charge in [0.25, 0.3) is 0 Å². The lowest BCUT2D eigenvalue weighted by Crippen LogP contribution is -2.07. The van der Waals surface area contributed by atoms with E-state index in [4.69, 9.17) is 4.36 Å². The largest absolute Gasteiger partial charge is 0.309 e. The smallest absolute Gasteiger partial charge is 0.109 e. The Labute approximate surface area is 233 Å². The van der Waals surface area contributed by atoms with E-state index in [1.165, 1.54) is 21.9 Å². The molecule has 0 N–H and O–H groups in total. The maximum atomic E-state index is 14.6. The van der Waals surface area contributed by atoms with E-state index in [0.29, 0.717) is 0 Å². The summed E-state index contributed by atoms with van der Waals surface area (Å²) in [6.07, 6.45) is 0. The van der Waals surface area contributed by atoms with Crippen LogP contribution in [0.15, 0.2) is 160 Å². The highest BCUT2D eigenvalue weighted by molar-refractivity contribution is 7.94. The second kappa shape index (κ2) is 8.80. The first kappa shape index (κ1) is 23.0. The molecule has 2 heterocycles. The normalized spacial score (nSPS) is 15.9. The van der Waals surface area contributed by atoms with E-state index in [2.05, 4.69) is 95.6 Å². The zero-order valence-corrected chi connectivity index (χ0v) is 22.4. The van der Waals surface area contributed by atoms with Gasteiger partial charge in [-0.2, -0.15) is 4.36 Å². The van der Waals surface area contributed by atoms with Gasteiger partial charge in [0.15, 0.2) is 0 Å². The monoisotopic (exact) mass is 532 g/mol. The van der Waals surface area contributed by atoms with Crippen molar-refractivity contribution >= 4 is 37.2 Å². The maximum Gasteiger partial charge on any atom is 0.109 e. The summed E-state index contributed by atoms with van der Waals surface area (Å²) in [5.41, 5.74) is 8.36. The topological polar surface area (TPSA) is 34.4 Å². The van der Waals surface area contributed by atoms with Gasteiger partial charge in [0.05, 0.1) is 26.5 Å². The first-order chi connectivity index (χ1) is 19.7. The zero-order chi connectivity index (χ0) is 26.7. The summed E-state index contributed by atoms with van der Waals surface area (Å²) in [6.45, 7) is 0. The van der Waals surface area contributed by atoms with Crippen molar-refractivity contribution < 1.29 is 4.21 Å². The van der Waals surface area contributed by atoms with E-state index in [1.54, 1.807) is 0 Å². The quantitative estimate of drug-likeness (QED) is 0.223. The number of hydrogen-bond acceptors (Lipinski definition) is 2. The highest BCUT2D eigenvalue weighted by Crippen LogP contribution is 2.45. The molecule has 0 amide bonds. The Bertz CT molecular complexity index is 2210. The number of rotatable bonds is 3. The number of fused-ring (bicyclic) bond motifs is 6. The van der Waals surface area contributed by atoms with Crippen molar-refractivity contribution in [3.05, 3.63) is 146 Å². The van der Waals surface area contributed by atoms with Crippen LogP contribution in [0.5, 0.6) is 0 Å². The first-order valence-corrected chi connectivity index (χ1v) is 14.9. The van der Waals surface area contributed by atoms with E-state index in [9.17, 15) is 4.21 Å². The molecule has 1 aliphatic rings. The molecule has 0 saturated carbocycles. The van der Waals surface area contributed by atoms with Crippen LogP contribution in [-0.4, -0.2) is 8.78 Å². The Morgan fingerprint density at radius 2 is 1.23 bits per heavy atom. The van der Waals surface area contributed by atoms with Gasteiger partial charge in [0.2, 0.25) is 0 Å². The van der Waals surface area contributed by atoms with Crippen LogP contribution >= 0.6 is 0 Å². The van der Waals surface area contributed by atoms with Gasteiger partial charge in [-0.15, -0.1) is 0 Å². The van der Waals surface area contributed by atoms with Gasteiger partial charge in [0, 0.05) is 27.6 Å². The third-order valence-corrected chi connectivity index (χ3v) is 10.1. The van der Waals surface area contributed by atoms with Gasteiger partial charge in [-0.25, -0.2) is 4.21 Å². The molecular weight excluding hydrogens is 508 g/mol. The molecule has 6 aromatic carbocycles. The van der Waals surface area contributed by atoms with Crippen molar-refractivity contribution in [2.75, 3.05) is 0 Å². The molecule has 1 atom stereocenters. The fourth-order valence-electron chi connectivity index (χ4n) is 5.93. The molecule has 190 valence electrons. The predicted octanol–water partition coefficient (Wildman–Crippen LogP) is 9.65. The molecule has 1 aromatic heterocycles. The Morgan fingerprint density at radius 1 is 0.525 bits per heavy atom. The van der Waals surface area contributed by atoms with Gasteiger partial charge in [-0.1, -0.05) is 97.1 Å². The molecule has 1 aliphatic heterocycles.